The van der Waals surface area contributed by atoms with E-state index in [9.17, 15) is 0 Å². The molecule has 0 saturated heterocycles. The molecule has 5 heteroatoms. The third kappa shape index (κ3) is 7.70. The summed E-state index contributed by atoms with van der Waals surface area (Å²) in [6.45, 7) is 21.2. The Kier molecular flexibility index (Phi) is 9.90. The summed E-state index contributed by atoms with van der Waals surface area (Å²) in [6.07, 6.45) is 6.31. The van der Waals surface area contributed by atoms with Crippen molar-refractivity contribution in [3.8, 4) is 39.6 Å². The molecule has 5 nitrogen and oxygen atoms in total. The topological polar surface area (TPSA) is 33.5 Å². The lowest BCUT2D eigenvalue weighted by Gasteiger charge is -2.31. The molecule has 1 aliphatic rings. The third-order valence-electron chi connectivity index (χ3n) is 12.0. The molecule has 0 radical (unpaired) electrons. The summed E-state index contributed by atoms with van der Waals surface area (Å²) in [5.74, 6) is 2.42. The maximum atomic E-state index is 6.76. The van der Waals surface area contributed by atoms with E-state index in [0.29, 0.717) is 6.67 Å². The number of para-hydroxylation sites is 2. The van der Waals surface area contributed by atoms with Crippen LogP contribution in [0.1, 0.15) is 79.0 Å². The van der Waals surface area contributed by atoms with Crippen molar-refractivity contribution in [1.82, 2.24) is 9.55 Å². The molecule has 0 bridgehead atoms. The summed E-state index contributed by atoms with van der Waals surface area (Å²) >= 11 is 0. The predicted molar refractivity (Wildman–Crippen MR) is 257 cm³/mol. The van der Waals surface area contributed by atoms with E-state index in [1.54, 1.807) is 0 Å². The Labute approximate surface area is 361 Å². The van der Waals surface area contributed by atoms with E-state index in [2.05, 4.69) is 229 Å². The lowest BCUT2D eigenvalue weighted by molar-refractivity contribution is 0.483. The van der Waals surface area contributed by atoms with Gasteiger partial charge in [-0.15, -0.1) is 0 Å². The number of anilines is 2. The highest BCUT2D eigenvalue weighted by atomic mass is 16.5. The summed E-state index contributed by atoms with van der Waals surface area (Å²) < 4.78 is 9.09. The van der Waals surface area contributed by atoms with Crippen LogP contribution in [0.4, 0.5) is 11.4 Å². The molecule has 0 saturated carbocycles. The minimum absolute atomic E-state index is 0.0342. The molecule has 0 unspecified atom stereocenters. The van der Waals surface area contributed by atoms with Gasteiger partial charge in [0.05, 0.1) is 23.4 Å². The van der Waals surface area contributed by atoms with Gasteiger partial charge in [-0.2, -0.15) is 0 Å². The quantitative estimate of drug-likeness (QED) is 0.161. The van der Waals surface area contributed by atoms with Crippen LogP contribution in [0.25, 0.3) is 49.9 Å². The monoisotopic (exact) mass is 800 g/mol. The molecule has 306 valence electrons. The number of benzene rings is 6. The van der Waals surface area contributed by atoms with Crippen molar-refractivity contribution in [2.45, 2.75) is 78.6 Å². The maximum Gasteiger partial charge on any atom is 0.138 e. The van der Waals surface area contributed by atoms with Gasteiger partial charge in [0.1, 0.15) is 17.3 Å². The molecule has 0 fully saturated rings. The molecule has 9 rings (SSSR count). The smallest absolute Gasteiger partial charge is 0.138 e. The zero-order valence-corrected chi connectivity index (χ0v) is 37.0. The Bertz CT molecular complexity index is 2920. The Morgan fingerprint density at radius 3 is 1.93 bits per heavy atom. The van der Waals surface area contributed by atoms with Gasteiger partial charge in [-0.25, -0.2) is 4.98 Å². The van der Waals surface area contributed by atoms with Crippen molar-refractivity contribution in [1.29, 1.82) is 0 Å². The molecule has 0 aliphatic carbocycles. The van der Waals surface area contributed by atoms with Crippen molar-refractivity contribution >= 4 is 33.2 Å². The second-order valence-corrected chi connectivity index (χ2v) is 19.5. The fourth-order valence-corrected chi connectivity index (χ4v) is 8.74. The SMILES string of the molecule is CC(C)(C)c1ccc(-c2ccnc(-n3c4cc(Oc5cccc(N6C=CN(c7c(-c8ccccc8)cccc7C(C)(C)C)C6)c5)ccc4c4cccc(C(C)(C)C)c43)c2)cc1. The Hall–Kier alpha value is -6.59. The zero-order valence-electron chi connectivity index (χ0n) is 37.0. The highest BCUT2D eigenvalue weighted by molar-refractivity contribution is 6.11. The number of nitrogens with zero attached hydrogens (tertiary/aromatic N) is 4. The van der Waals surface area contributed by atoms with Crippen molar-refractivity contribution < 1.29 is 4.74 Å². The van der Waals surface area contributed by atoms with Crippen LogP contribution in [0.15, 0.2) is 164 Å². The lowest BCUT2D eigenvalue weighted by Crippen LogP contribution is -2.27. The zero-order chi connectivity index (χ0) is 42.7. The summed E-state index contributed by atoms with van der Waals surface area (Å²) in [7, 11) is 0. The number of aromatic nitrogens is 2. The average Bonchev–Trinajstić information content (AvgIpc) is 3.86. The molecule has 3 heterocycles. The van der Waals surface area contributed by atoms with E-state index in [1.807, 2.05) is 12.3 Å². The molecule has 8 aromatic rings. The summed E-state index contributed by atoms with van der Waals surface area (Å²) in [6, 6.07) is 52.2. The number of hydrogen-bond acceptors (Lipinski definition) is 4. The minimum Gasteiger partial charge on any atom is -0.457 e. The summed E-state index contributed by atoms with van der Waals surface area (Å²) in [5.41, 5.74) is 13.1. The molecule has 2 aromatic heterocycles. The lowest BCUT2D eigenvalue weighted by atomic mass is 9.83. The predicted octanol–water partition coefficient (Wildman–Crippen LogP) is 15.0. The highest BCUT2D eigenvalue weighted by Crippen LogP contribution is 2.43. The van der Waals surface area contributed by atoms with E-state index < -0.39 is 0 Å². The van der Waals surface area contributed by atoms with Crippen LogP contribution in [-0.2, 0) is 16.2 Å². The number of pyridine rings is 1. The van der Waals surface area contributed by atoms with Crippen LogP contribution >= 0.6 is 0 Å². The molecular formula is C56H56N4O. The fourth-order valence-electron chi connectivity index (χ4n) is 8.74. The van der Waals surface area contributed by atoms with Gasteiger partial charge >= 0.3 is 0 Å². The normalized spacial score (nSPS) is 13.5. The first-order chi connectivity index (χ1) is 29.1. The first-order valence-electron chi connectivity index (χ1n) is 21.5. The number of rotatable bonds is 7. The number of fused-ring (bicyclic) bond motifs is 3. The summed E-state index contributed by atoms with van der Waals surface area (Å²) in [4.78, 5) is 9.69. The Morgan fingerprint density at radius 1 is 0.508 bits per heavy atom. The van der Waals surface area contributed by atoms with Crippen LogP contribution in [0.3, 0.4) is 0 Å². The van der Waals surface area contributed by atoms with Gasteiger partial charge in [0, 0.05) is 52.8 Å². The molecule has 0 N–H and O–H groups in total. The number of hydrogen-bond donors (Lipinski definition) is 0. The van der Waals surface area contributed by atoms with E-state index in [0.717, 1.165) is 39.5 Å². The van der Waals surface area contributed by atoms with Gasteiger partial charge < -0.3 is 14.5 Å². The van der Waals surface area contributed by atoms with Gasteiger partial charge in [-0.05, 0) is 86.0 Å². The largest absolute Gasteiger partial charge is 0.457 e. The first-order valence-corrected chi connectivity index (χ1v) is 21.5. The average molecular weight is 801 g/mol. The van der Waals surface area contributed by atoms with Crippen molar-refractivity contribution in [3.63, 3.8) is 0 Å². The molecule has 0 amide bonds. The van der Waals surface area contributed by atoms with E-state index >= 15 is 0 Å². The molecule has 0 atom stereocenters. The van der Waals surface area contributed by atoms with E-state index in [1.165, 1.54) is 50.0 Å². The molecular weight excluding hydrogens is 745 g/mol. The first kappa shape index (κ1) is 39.8. The standard InChI is InChI=1S/C56H56N4O/c1-54(2,3)41-26-24-38(25-27-41)40-30-31-57-51(34-40)60-50-36-44(28-29-46(50)47-21-15-23-49(53(47)60)56(7,8)9)61-43-19-13-18-42(35-43)58-32-33-59(37-58)52-45(39-16-11-10-12-17-39)20-14-22-48(52)55(4,5)6/h10-36H,37H2,1-9H3. The maximum absolute atomic E-state index is 6.76. The van der Waals surface area contributed by atoms with Crippen molar-refractivity contribution in [3.05, 3.63) is 181 Å². The fraction of sp³-hybridized carbons (Fsp3) is 0.232. The molecule has 61 heavy (non-hydrogen) atoms. The van der Waals surface area contributed by atoms with Crippen LogP contribution in [0.2, 0.25) is 0 Å². The molecule has 1 aliphatic heterocycles. The highest BCUT2D eigenvalue weighted by Gasteiger charge is 2.28. The van der Waals surface area contributed by atoms with Crippen LogP contribution in [0, 0.1) is 0 Å². The van der Waals surface area contributed by atoms with Crippen LogP contribution in [-0.4, -0.2) is 16.2 Å². The van der Waals surface area contributed by atoms with E-state index in [-0.39, 0.29) is 16.2 Å². The minimum atomic E-state index is -0.0939. The van der Waals surface area contributed by atoms with Gasteiger partial charge in [-0.3, -0.25) is 4.57 Å². The third-order valence-corrected chi connectivity index (χ3v) is 12.0. The van der Waals surface area contributed by atoms with Gasteiger partial charge in [-0.1, -0.05) is 159 Å². The number of ether oxygens (including phenoxy) is 1. The molecule has 0 spiro atoms. The second-order valence-electron chi connectivity index (χ2n) is 19.5. The van der Waals surface area contributed by atoms with Crippen molar-refractivity contribution in [2.24, 2.45) is 0 Å². The summed E-state index contributed by atoms with van der Waals surface area (Å²) in [5, 5.41) is 2.36. The van der Waals surface area contributed by atoms with Gasteiger partial charge in [0.2, 0.25) is 0 Å². The Balaban J connectivity index is 1.07. The van der Waals surface area contributed by atoms with Crippen molar-refractivity contribution in [2.75, 3.05) is 16.5 Å². The van der Waals surface area contributed by atoms with Gasteiger partial charge in [0.25, 0.3) is 0 Å². The Morgan fingerprint density at radius 2 is 1.20 bits per heavy atom. The second kappa shape index (κ2) is 15.1. The van der Waals surface area contributed by atoms with Gasteiger partial charge in [0.15, 0.2) is 0 Å². The van der Waals surface area contributed by atoms with Crippen LogP contribution in [0.5, 0.6) is 11.5 Å². The van der Waals surface area contributed by atoms with Crippen LogP contribution < -0.4 is 14.5 Å². The molecule has 6 aromatic carbocycles. The van der Waals surface area contributed by atoms with E-state index in [4.69, 9.17) is 9.72 Å².